The van der Waals surface area contributed by atoms with Gasteiger partial charge in [-0.2, -0.15) is 0 Å². The topological polar surface area (TPSA) is 43.3 Å². The van der Waals surface area contributed by atoms with Gasteiger partial charge < -0.3 is 5.73 Å². The standard InChI is InChI=1S/C9H10BrN3/c1-6(11)7-5-12-9-4-2-3-8(10)13(7)9/h2-6H,11H2,1H3. The van der Waals surface area contributed by atoms with Crippen LogP contribution in [0.1, 0.15) is 18.7 Å². The van der Waals surface area contributed by atoms with Crippen molar-refractivity contribution in [1.29, 1.82) is 0 Å². The highest BCUT2D eigenvalue weighted by atomic mass is 79.9. The highest BCUT2D eigenvalue weighted by Gasteiger charge is 2.08. The number of nitrogens with two attached hydrogens (primary N) is 1. The lowest BCUT2D eigenvalue weighted by atomic mass is 10.3. The molecule has 2 aromatic heterocycles. The van der Waals surface area contributed by atoms with Gasteiger partial charge in [-0.15, -0.1) is 0 Å². The number of hydrogen-bond acceptors (Lipinski definition) is 2. The van der Waals surface area contributed by atoms with E-state index in [-0.39, 0.29) is 6.04 Å². The first kappa shape index (κ1) is 8.72. The van der Waals surface area contributed by atoms with Gasteiger partial charge in [0.1, 0.15) is 5.65 Å². The molecule has 0 amide bonds. The average molecular weight is 240 g/mol. The van der Waals surface area contributed by atoms with Crippen LogP contribution in [0.15, 0.2) is 29.0 Å². The Hall–Kier alpha value is -0.870. The van der Waals surface area contributed by atoms with Crippen molar-refractivity contribution in [1.82, 2.24) is 9.38 Å². The van der Waals surface area contributed by atoms with Gasteiger partial charge in [0.25, 0.3) is 0 Å². The summed E-state index contributed by atoms with van der Waals surface area (Å²) in [7, 11) is 0. The largest absolute Gasteiger partial charge is 0.323 e. The number of halogens is 1. The molecule has 4 heteroatoms. The number of hydrogen-bond donors (Lipinski definition) is 1. The first-order chi connectivity index (χ1) is 6.20. The molecule has 0 spiro atoms. The molecule has 1 atom stereocenters. The second kappa shape index (κ2) is 3.12. The van der Waals surface area contributed by atoms with E-state index in [1.54, 1.807) is 0 Å². The van der Waals surface area contributed by atoms with E-state index in [4.69, 9.17) is 5.73 Å². The van der Waals surface area contributed by atoms with E-state index in [1.807, 2.05) is 35.7 Å². The summed E-state index contributed by atoms with van der Waals surface area (Å²) in [5.74, 6) is 0. The van der Waals surface area contributed by atoms with Gasteiger partial charge in [-0.1, -0.05) is 6.07 Å². The van der Waals surface area contributed by atoms with E-state index >= 15 is 0 Å². The molecule has 0 bridgehead atoms. The van der Waals surface area contributed by atoms with Crippen LogP contribution < -0.4 is 5.73 Å². The molecule has 0 aromatic carbocycles. The van der Waals surface area contributed by atoms with E-state index in [0.29, 0.717) is 0 Å². The van der Waals surface area contributed by atoms with Gasteiger partial charge in [0.15, 0.2) is 0 Å². The van der Waals surface area contributed by atoms with E-state index in [2.05, 4.69) is 20.9 Å². The van der Waals surface area contributed by atoms with E-state index in [1.165, 1.54) is 0 Å². The highest BCUT2D eigenvalue weighted by Crippen LogP contribution is 2.18. The lowest BCUT2D eigenvalue weighted by Crippen LogP contribution is -2.08. The van der Waals surface area contributed by atoms with Crippen molar-refractivity contribution in [2.24, 2.45) is 5.73 Å². The van der Waals surface area contributed by atoms with Gasteiger partial charge in [-0.3, -0.25) is 4.40 Å². The van der Waals surface area contributed by atoms with Crippen LogP contribution in [0.2, 0.25) is 0 Å². The molecule has 0 aliphatic rings. The maximum Gasteiger partial charge on any atom is 0.137 e. The first-order valence-electron chi connectivity index (χ1n) is 4.07. The molecule has 2 N–H and O–H groups in total. The average Bonchev–Trinajstić information content (AvgIpc) is 2.49. The summed E-state index contributed by atoms with van der Waals surface area (Å²) in [6.07, 6.45) is 1.81. The molecule has 2 aromatic rings. The first-order valence-corrected chi connectivity index (χ1v) is 4.87. The summed E-state index contributed by atoms with van der Waals surface area (Å²) in [5.41, 5.74) is 7.75. The lowest BCUT2D eigenvalue weighted by Gasteiger charge is -2.06. The summed E-state index contributed by atoms with van der Waals surface area (Å²) >= 11 is 3.46. The summed E-state index contributed by atoms with van der Waals surface area (Å²) in [4.78, 5) is 4.25. The summed E-state index contributed by atoms with van der Waals surface area (Å²) < 4.78 is 2.99. The molecule has 68 valence electrons. The number of aromatic nitrogens is 2. The van der Waals surface area contributed by atoms with E-state index < -0.39 is 0 Å². The monoisotopic (exact) mass is 239 g/mol. The van der Waals surface area contributed by atoms with Crippen LogP contribution >= 0.6 is 15.9 Å². The fourth-order valence-electron chi connectivity index (χ4n) is 1.34. The Labute approximate surface area is 84.7 Å². The fraction of sp³-hybridized carbons (Fsp3) is 0.222. The van der Waals surface area contributed by atoms with Gasteiger partial charge in [0.05, 0.1) is 16.5 Å². The molecule has 0 aliphatic carbocycles. The van der Waals surface area contributed by atoms with Crippen LogP contribution in [0.3, 0.4) is 0 Å². The van der Waals surface area contributed by atoms with Crippen molar-refractivity contribution >= 4 is 21.6 Å². The Kier molecular flexibility index (Phi) is 2.09. The molecule has 2 heterocycles. The molecular weight excluding hydrogens is 230 g/mol. The molecule has 2 rings (SSSR count). The third kappa shape index (κ3) is 1.36. The molecule has 3 nitrogen and oxygen atoms in total. The zero-order chi connectivity index (χ0) is 9.42. The number of imidazole rings is 1. The van der Waals surface area contributed by atoms with Crippen LogP contribution in [0, 0.1) is 0 Å². The third-order valence-corrected chi connectivity index (χ3v) is 2.59. The molecule has 0 radical (unpaired) electrons. The Morgan fingerprint density at radius 3 is 3.00 bits per heavy atom. The van der Waals surface area contributed by atoms with Gasteiger partial charge in [-0.25, -0.2) is 4.98 Å². The van der Waals surface area contributed by atoms with Crippen molar-refractivity contribution in [3.63, 3.8) is 0 Å². The smallest absolute Gasteiger partial charge is 0.137 e. The Morgan fingerprint density at radius 1 is 1.54 bits per heavy atom. The minimum atomic E-state index is -0.00583. The molecule has 0 aliphatic heterocycles. The minimum absolute atomic E-state index is 0.00583. The number of fused-ring (bicyclic) bond motifs is 1. The van der Waals surface area contributed by atoms with Crippen molar-refractivity contribution in [3.8, 4) is 0 Å². The van der Waals surface area contributed by atoms with Gasteiger partial charge >= 0.3 is 0 Å². The summed E-state index contributed by atoms with van der Waals surface area (Å²) in [6.45, 7) is 1.95. The number of rotatable bonds is 1. The predicted octanol–water partition coefficient (Wildman–Crippen LogP) is 2.12. The normalized spacial score (nSPS) is 13.5. The van der Waals surface area contributed by atoms with Crippen LogP contribution in [0.5, 0.6) is 0 Å². The van der Waals surface area contributed by atoms with Crippen LogP contribution in [0.4, 0.5) is 0 Å². The molecule has 1 unspecified atom stereocenters. The van der Waals surface area contributed by atoms with Gasteiger partial charge in [0.2, 0.25) is 0 Å². The third-order valence-electron chi connectivity index (χ3n) is 1.98. The summed E-state index contributed by atoms with van der Waals surface area (Å²) in [5, 5.41) is 0. The molecule has 13 heavy (non-hydrogen) atoms. The predicted molar refractivity (Wildman–Crippen MR) is 55.5 cm³/mol. The molecular formula is C9H10BrN3. The SMILES string of the molecule is CC(N)c1cnc2cccc(Br)n12. The molecule has 0 saturated heterocycles. The van der Waals surface area contributed by atoms with Gasteiger partial charge in [-0.05, 0) is 35.0 Å². The highest BCUT2D eigenvalue weighted by molar-refractivity contribution is 9.10. The molecule has 0 saturated carbocycles. The van der Waals surface area contributed by atoms with Gasteiger partial charge in [0, 0.05) is 6.04 Å². The zero-order valence-electron chi connectivity index (χ0n) is 7.24. The van der Waals surface area contributed by atoms with E-state index in [9.17, 15) is 0 Å². The van der Waals surface area contributed by atoms with Crippen LogP contribution in [-0.2, 0) is 0 Å². The maximum absolute atomic E-state index is 5.81. The Morgan fingerprint density at radius 2 is 2.31 bits per heavy atom. The van der Waals surface area contributed by atoms with Crippen molar-refractivity contribution in [2.75, 3.05) is 0 Å². The number of pyridine rings is 1. The van der Waals surface area contributed by atoms with Crippen molar-refractivity contribution in [3.05, 3.63) is 34.7 Å². The van der Waals surface area contributed by atoms with Crippen LogP contribution in [0.25, 0.3) is 5.65 Å². The zero-order valence-corrected chi connectivity index (χ0v) is 8.82. The second-order valence-electron chi connectivity index (χ2n) is 3.01. The lowest BCUT2D eigenvalue weighted by molar-refractivity contribution is 0.765. The maximum atomic E-state index is 5.81. The Balaban J connectivity index is 2.79. The van der Waals surface area contributed by atoms with Crippen LogP contribution in [-0.4, -0.2) is 9.38 Å². The minimum Gasteiger partial charge on any atom is -0.323 e. The van der Waals surface area contributed by atoms with Crippen molar-refractivity contribution < 1.29 is 0 Å². The Bertz CT molecular complexity index is 433. The quantitative estimate of drug-likeness (QED) is 0.776. The number of nitrogens with zero attached hydrogens (tertiary/aromatic N) is 2. The molecule has 0 fully saturated rings. The van der Waals surface area contributed by atoms with E-state index in [0.717, 1.165) is 15.9 Å². The summed E-state index contributed by atoms with van der Waals surface area (Å²) in [6, 6.07) is 5.88. The van der Waals surface area contributed by atoms with Crippen molar-refractivity contribution in [2.45, 2.75) is 13.0 Å². The second-order valence-corrected chi connectivity index (χ2v) is 3.83. The fourth-order valence-corrected chi connectivity index (χ4v) is 1.88.